The topological polar surface area (TPSA) is 72.8 Å². The fourth-order valence-corrected chi connectivity index (χ4v) is 4.06. The van der Waals surface area contributed by atoms with Crippen molar-refractivity contribution in [2.24, 2.45) is 0 Å². The van der Waals surface area contributed by atoms with Gasteiger partial charge in [0.05, 0.1) is 12.1 Å². The minimum Gasteiger partial charge on any atom is -0.390 e. The minimum atomic E-state index is -0.499. The van der Waals surface area contributed by atoms with Gasteiger partial charge in [-0.3, -0.25) is 9.69 Å². The van der Waals surface area contributed by atoms with Gasteiger partial charge in [-0.1, -0.05) is 23.2 Å². The van der Waals surface area contributed by atoms with Crippen LogP contribution in [0.15, 0.2) is 36.5 Å². The number of amides is 1. The first-order chi connectivity index (χ1) is 13.5. The maximum Gasteiger partial charge on any atom is 0.253 e. The summed E-state index contributed by atoms with van der Waals surface area (Å²) < 4.78 is 0. The van der Waals surface area contributed by atoms with Crippen molar-refractivity contribution in [3.05, 3.63) is 52.3 Å². The van der Waals surface area contributed by atoms with E-state index in [1.54, 1.807) is 36.5 Å². The predicted octanol–water partition coefficient (Wildman–Crippen LogP) is 1.79. The highest BCUT2D eigenvalue weighted by atomic mass is 35.5. The van der Waals surface area contributed by atoms with Gasteiger partial charge < -0.3 is 14.9 Å². The van der Waals surface area contributed by atoms with Gasteiger partial charge in [0.25, 0.3) is 5.91 Å². The van der Waals surface area contributed by atoms with Crippen LogP contribution in [0, 0.1) is 0 Å². The number of benzene rings is 1. The lowest BCUT2D eigenvalue weighted by molar-refractivity contribution is 0.0376. The molecule has 9 heteroatoms. The first kappa shape index (κ1) is 19.4. The molecule has 2 saturated heterocycles. The van der Waals surface area contributed by atoms with Gasteiger partial charge in [-0.25, -0.2) is 9.97 Å². The van der Waals surface area contributed by atoms with Crippen LogP contribution < -0.4 is 4.90 Å². The summed E-state index contributed by atoms with van der Waals surface area (Å²) in [5.41, 5.74) is 0.642. The number of piperazine rings is 1. The Labute approximate surface area is 173 Å². The third-order valence-corrected chi connectivity index (χ3v) is 5.77. The summed E-state index contributed by atoms with van der Waals surface area (Å²) in [5.74, 6) is 0.544. The van der Waals surface area contributed by atoms with Crippen molar-refractivity contribution in [2.75, 3.05) is 44.2 Å². The molecule has 0 radical (unpaired) electrons. The summed E-state index contributed by atoms with van der Waals surface area (Å²) in [4.78, 5) is 27.2. The second-order valence-electron chi connectivity index (χ2n) is 7.05. The lowest BCUT2D eigenvalue weighted by Crippen LogP contribution is -2.54. The number of hydrogen-bond donors (Lipinski definition) is 1. The van der Waals surface area contributed by atoms with E-state index < -0.39 is 6.10 Å². The number of β-amino-alcohol motifs (C(OH)–C–C–N with tert-alkyl or cyclic N) is 1. The molecule has 0 saturated carbocycles. The molecule has 28 heavy (non-hydrogen) atoms. The molecule has 4 rings (SSSR count). The molecule has 0 aliphatic carbocycles. The molecule has 7 nitrogen and oxygen atoms in total. The van der Waals surface area contributed by atoms with Crippen LogP contribution in [-0.4, -0.2) is 82.2 Å². The summed E-state index contributed by atoms with van der Waals surface area (Å²) in [5, 5.41) is 11.6. The molecule has 2 aliphatic rings. The van der Waals surface area contributed by atoms with Gasteiger partial charge >= 0.3 is 0 Å². The summed E-state index contributed by atoms with van der Waals surface area (Å²) in [7, 11) is 0. The Kier molecular flexibility index (Phi) is 5.68. The maximum absolute atomic E-state index is 12.6. The summed E-state index contributed by atoms with van der Waals surface area (Å²) in [6.45, 7) is 3.77. The molecule has 0 spiro atoms. The van der Waals surface area contributed by atoms with Crippen LogP contribution >= 0.6 is 23.2 Å². The molecule has 1 aromatic heterocycles. The number of hydrogen-bond acceptors (Lipinski definition) is 6. The SMILES string of the molecule is O=C(c1ccc(Cl)cc1)N1CCN(C2CN(c3nccc(Cl)n3)CC2O)CC1. The van der Waals surface area contributed by atoms with Crippen LogP contribution in [0.2, 0.25) is 10.2 Å². The monoisotopic (exact) mass is 421 g/mol. The van der Waals surface area contributed by atoms with E-state index >= 15 is 0 Å². The summed E-state index contributed by atoms with van der Waals surface area (Å²) in [6.07, 6.45) is 1.12. The quantitative estimate of drug-likeness (QED) is 0.761. The van der Waals surface area contributed by atoms with Crippen LogP contribution in [0.5, 0.6) is 0 Å². The maximum atomic E-state index is 12.6. The summed E-state index contributed by atoms with van der Waals surface area (Å²) in [6, 6.07) is 8.57. The number of aromatic nitrogens is 2. The van der Waals surface area contributed by atoms with Gasteiger partial charge in [0, 0.05) is 56.1 Å². The van der Waals surface area contributed by atoms with E-state index in [-0.39, 0.29) is 11.9 Å². The number of aliphatic hydroxyl groups is 1. The average Bonchev–Trinajstić information content (AvgIpc) is 3.10. The van der Waals surface area contributed by atoms with Crippen molar-refractivity contribution in [2.45, 2.75) is 12.1 Å². The molecule has 148 valence electrons. The number of anilines is 1. The lowest BCUT2D eigenvalue weighted by Gasteiger charge is -2.38. The highest BCUT2D eigenvalue weighted by Crippen LogP contribution is 2.23. The van der Waals surface area contributed by atoms with Crippen molar-refractivity contribution < 1.29 is 9.90 Å². The highest BCUT2D eigenvalue weighted by molar-refractivity contribution is 6.30. The number of aliphatic hydroxyl groups excluding tert-OH is 1. The fraction of sp³-hybridized carbons (Fsp3) is 0.421. The fourth-order valence-electron chi connectivity index (χ4n) is 3.80. The van der Waals surface area contributed by atoms with Gasteiger partial charge in [-0.2, -0.15) is 0 Å². The van der Waals surface area contributed by atoms with Gasteiger partial charge in [0.2, 0.25) is 5.95 Å². The van der Waals surface area contributed by atoms with E-state index in [1.165, 1.54) is 0 Å². The standard InChI is InChI=1S/C19H21Cl2N5O2/c20-14-3-1-13(2-4-14)18(28)25-9-7-24(8-10-25)15-11-26(12-16(15)27)19-22-6-5-17(21)23-19/h1-6,15-16,27H,7-12H2. The first-order valence-electron chi connectivity index (χ1n) is 9.22. The zero-order valence-corrected chi connectivity index (χ0v) is 16.7. The van der Waals surface area contributed by atoms with Gasteiger partial charge in [0.15, 0.2) is 0 Å². The molecule has 2 aliphatic heterocycles. The largest absolute Gasteiger partial charge is 0.390 e. The van der Waals surface area contributed by atoms with E-state index in [9.17, 15) is 9.90 Å². The number of nitrogens with zero attached hydrogens (tertiary/aromatic N) is 5. The number of carbonyl (C=O) groups is 1. The third kappa shape index (κ3) is 4.07. The number of rotatable bonds is 3. The van der Waals surface area contributed by atoms with Crippen LogP contribution in [0.4, 0.5) is 5.95 Å². The molecule has 2 fully saturated rings. The Hall–Kier alpha value is -1.93. The number of carbonyl (C=O) groups excluding carboxylic acids is 1. The van der Waals surface area contributed by atoms with E-state index in [0.29, 0.717) is 61.0 Å². The molecular weight excluding hydrogens is 401 g/mol. The molecule has 2 atom stereocenters. The normalized spacial score (nSPS) is 23.2. The van der Waals surface area contributed by atoms with E-state index in [0.717, 1.165) is 0 Å². The van der Waals surface area contributed by atoms with Crippen LogP contribution in [0.1, 0.15) is 10.4 Å². The van der Waals surface area contributed by atoms with Crippen LogP contribution in [-0.2, 0) is 0 Å². The molecule has 0 bridgehead atoms. The number of halogens is 2. The highest BCUT2D eigenvalue weighted by Gasteiger charge is 2.38. The zero-order chi connectivity index (χ0) is 19.7. The van der Waals surface area contributed by atoms with Crippen molar-refractivity contribution in [1.29, 1.82) is 0 Å². The van der Waals surface area contributed by atoms with Crippen LogP contribution in [0.3, 0.4) is 0 Å². The van der Waals surface area contributed by atoms with Crippen LogP contribution in [0.25, 0.3) is 0 Å². The smallest absolute Gasteiger partial charge is 0.253 e. The molecule has 3 heterocycles. The van der Waals surface area contributed by atoms with E-state index in [4.69, 9.17) is 23.2 Å². The second-order valence-corrected chi connectivity index (χ2v) is 7.88. The minimum absolute atomic E-state index is 0.0113. The van der Waals surface area contributed by atoms with Gasteiger partial charge in [0.1, 0.15) is 5.15 Å². The predicted molar refractivity (Wildman–Crippen MR) is 108 cm³/mol. The van der Waals surface area contributed by atoms with Crippen molar-refractivity contribution in [3.63, 3.8) is 0 Å². The van der Waals surface area contributed by atoms with E-state index in [2.05, 4.69) is 14.9 Å². The molecule has 1 N–H and O–H groups in total. The Morgan fingerprint density at radius 1 is 1.04 bits per heavy atom. The molecule has 1 amide bonds. The molecule has 1 aromatic carbocycles. The molecule has 2 unspecified atom stereocenters. The molecular formula is C19H21Cl2N5O2. The second kappa shape index (κ2) is 8.21. The Morgan fingerprint density at radius 3 is 2.43 bits per heavy atom. The van der Waals surface area contributed by atoms with Gasteiger partial charge in [-0.15, -0.1) is 0 Å². The van der Waals surface area contributed by atoms with Crippen molar-refractivity contribution in [1.82, 2.24) is 19.8 Å². The third-order valence-electron chi connectivity index (χ3n) is 5.31. The lowest BCUT2D eigenvalue weighted by atomic mass is 10.1. The van der Waals surface area contributed by atoms with Crippen molar-refractivity contribution in [3.8, 4) is 0 Å². The van der Waals surface area contributed by atoms with E-state index in [1.807, 2.05) is 9.80 Å². The Balaban J connectivity index is 1.36. The van der Waals surface area contributed by atoms with Crippen molar-refractivity contribution >= 4 is 35.1 Å². The Morgan fingerprint density at radius 2 is 1.75 bits per heavy atom. The van der Waals surface area contributed by atoms with Gasteiger partial charge in [-0.05, 0) is 30.3 Å². The Bertz CT molecular complexity index is 842. The average molecular weight is 422 g/mol. The first-order valence-corrected chi connectivity index (χ1v) is 9.97. The zero-order valence-electron chi connectivity index (χ0n) is 15.2. The molecule has 2 aromatic rings. The summed E-state index contributed by atoms with van der Waals surface area (Å²) >= 11 is 11.9.